The topological polar surface area (TPSA) is 105 Å². The van der Waals surface area contributed by atoms with Crippen LogP contribution in [0.25, 0.3) is 0 Å². The van der Waals surface area contributed by atoms with E-state index in [0.29, 0.717) is 5.56 Å². The minimum Gasteiger partial charge on any atom is -0.468 e. The maximum absolute atomic E-state index is 12.3. The first-order valence-electron chi connectivity index (χ1n) is 8.66. The summed E-state index contributed by atoms with van der Waals surface area (Å²) in [5.41, 5.74) is 4.96. The molecule has 0 aliphatic heterocycles. The van der Waals surface area contributed by atoms with Crippen LogP contribution in [-0.2, 0) is 25.5 Å². The average molecular weight is 379 g/mol. The van der Waals surface area contributed by atoms with Crippen molar-refractivity contribution in [1.82, 2.24) is 0 Å². The molecular formula is C20H29NO6. The lowest BCUT2D eigenvalue weighted by Crippen LogP contribution is -2.33. The predicted molar refractivity (Wildman–Crippen MR) is 100 cm³/mol. The number of ether oxygens (including phenoxy) is 3. The lowest BCUT2D eigenvalue weighted by atomic mass is 9.97. The highest BCUT2D eigenvalue weighted by molar-refractivity contribution is 5.81. The van der Waals surface area contributed by atoms with E-state index < -0.39 is 34.8 Å². The number of benzene rings is 1. The summed E-state index contributed by atoms with van der Waals surface area (Å²) in [4.78, 5) is 36.0. The van der Waals surface area contributed by atoms with Crippen molar-refractivity contribution in [3.63, 3.8) is 0 Å². The molecule has 1 aromatic rings. The molecule has 0 aliphatic carbocycles. The molecule has 27 heavy (non-hydrogen) atoms. The SMILES string of the molecule is COC(=O)C(N)Cc1ccc(OC(=O)C(C)(C)C)c(OC(=O)C(C)(C)C)c1. The molecule has 0 radical (unpaired) electrons. The lowest BCUT2D eigenvalue weighted by Gasteiger charge is -2.21. The zero-order chi connectivity index (χ0) is 21.0. The second-order valence-electron chi connectivity index (χ2n) is 8.39. The second kappa shape index (κ2) is 8.52. The van der Waals surface area contributed by atoms with Crippen molar-refractivity contribution in [2.75, 3.05) is 7.11 Å². The molecule has 1 unspecified atom stereocenters. The quantitative estimate of drug-likeness (QED) is 0.619. The van der Waals surface area contributed by atoms with Crippen LogP contribution in [-0.4, -0.2) is 31.1 Å². The molecule has 0 fully saturated rings. The van der Waals surface area contributed by atoms with Crippen molar-refractivity contribution in [2.24, 2.45) is 16.6 Å². The number of nitrogens with two attached hydrogens (primary N) is 1. The van der Waals surface area contributed by atoms with Crippen molar-refractivity contribution in [3.05, 3.63) is 23.8 Å². The minimum atomic E-state index is -0.857. The number of carbonyl (C=O) groups is 3. The molecule has 0 amide bonds. The Morgan fingerprint density at radius 1 is 0.926 bits per heavy atom. The molecule has 150 valence electrons. The summed E-state index contributed by atoms with van der Waals surface area (Å²) < 4.78 is 15.5. The smallest absolute Gasteiger partial charge is 0.322 e. The normalized spacial score (nSPS) is 12.9. The van der Waals surface area contributed by atoms with Gasteiger partial charge in [0.15, 0.2) is 11.5 Å². The zero-order valence-electron chi connectivity index (χ0n) is 17.0. The molecular weight excluding hydrogens is 350 g/mol. The number of esters is 3. The van der Waals surface area contributed by atoms with Gasteiger partial charge in [0.2, 0.25) is 0 Å². The number of rotatable bonds is 5. The highest BCUT2D eigenvalue weighted by Gasteiger charge is 2.28. The summed E-state index contributed by atoms with van der Waals surface area (Å²) in [6, 6.07) is 3.86. The minimum absolute atomic E-state index is 0.0992. The Labute approximate surface area is 160 Å². The van der Waals surface area contributed by atoms with Gasteiger partial charge in [-0.15, -0.1) is 0 Å². The standard InChI is InChI=1S/C20H29NO6/c1-19(2,3)17(23)26-14-9-8-12(10-13(21)16(22)25-7)11-15(14)27-18(24)20(4,5)6/h8-9,11,13H,10,21H2,1-7H3. The first-order chi connectivity index (χ1) is 12.3. The first kappa shape index (κ1) is 22.6. The van der Waals surface area contributed by atoms with E-state index in [1.165, 1.54) is 19.2 Å². The van der Waals surface area contributed by atoms with Gasteiger partial charge in [0.1, 0.15) is 6.04 Å². The molecule has 2 N–H and O–H groups in total. The molecule has 0 saturated heterocycles. The lowest BCUT2D eigenvalue weighted by molar-refractivity contribution is -0.145. The third-order valence-electron chi connectivity index (χ3n) is 3.60. The fraction of sp³-hybridized carbons (Fsp3) is 0.550. The summed E-state index contributed by atoms with van der Waals surface area (Å²) in [7, 11) is 1.26. The van der Waals surface area contributed by atoms with E-state index in [1.54, 1.807) is 47.6 Å². The fourth-order valence-electron chi connectivity index (χ4n) is 1.84. The molecule has 0 bridgehead atoms. The van der Waals surface area contributed by atoms with Crippen LogP contribution in [0.5, 0.6) is 11.5 Å². The van der Waals surface area contributed by atoms with Crippen LogP contribution in [0.3, 0.4) is 0 Å². The number of methoxy groups -OCH3 is 1. The Morgan fingerprint density at radius 2 is 1.41 bits per heavy atom. The maximum atomic E-state index is 12.3. The fourth-order valence-corrected chi connectivity index (χ4v) is 1.84. The van der Waals surface area contributed by atoms with Gasteiger partial charge in [-0.25, -0.2) is 0 Å². The van der Waals surface area contributed by atoms with E-state index in [-0.39, 0.29) is 17.9 Å². The average Bonchev–Trinajstić information content (AvgIpc) is 2.54. The van der Waals surface area contributed by atoms with E-state index in [4.69, 9.17) is 15.2 Å². The van der Waals surface area contributed by atoms with E-state index in [9.17, 15) is 14.4 Å². The molecule has 7 nitrogen and oxygen atoms in total. The summed E-state index contributed by atoms with van der Waals surface area (Å²) >= 11 is 0. The van der Waals surface area contributed by atoms with Gasteiger partial charge in [0, 0.05) is 0 Å². The van der Waals surface area contributed by atoms with Gasteiger partial charge in [0.25, 0.3) is 0 Å². The third-order valence-corrected chi connectivity index (χ3v) is 3.60. The van der Waals surface area contributed by atoms with Crippen molar-refractivity contribution in [1.29, 1.82) is 0 Å². The number of hydrogen-bond acceptors (Lipinski definition) is 7. The molecule has 0 heterocycles. The van der Waals surface area contributed by atoms with Gasteiger partial charge in [-0.2, -0.15) is 0 Å². The maximum Gasteiger partial charge on any atom is 0.322 e. The van der Waals surface area contributed by atoms with Crippen molar-refractivity contribution in [3.8, 4) is 11.5 Å². The summed E-state index contributed by atoms with van der Waals surface area (Å²) in [6.07, 6.45) is 0.181. The van der Waals surface area contributed by atoms with Crippen LogP contribution in [0.15, 0.2) is 18.2 Å². The second-order valence-corrected chi connectivity index (χ2v) is 8.39. The van der Waals surface area contributed by atoms with E-state index >= 15 is 0 Å². The van der Waals surface area contributed by atoms with Crippen LogP contribution in [0.1, 0.15) is 47.1 Å². The Bertz CT molecular complexity index is 712. The van der Waals surface area contributed by atoms with Crippen molar-refractivity contribution < 1.29 is 28.6 Å². The highest BCUT2D eigenvalue weighted by Crippen LogP contribution is 2.32. The van der Waals surface area contributed by atoms with Crippen LogP contribution in [0, 0.1) is 10.8 Å². The van der Waals surface area contributed by atoms with Gasteiger partial charge >= 0.3 is 17.9 Å². The van der Waals surface area contributed by atoms with E-state index in [0.717, 1.165) is 0 Å². The summed E-state index contributed by atoms with van der Waals surface area (Å²) in [5, 5.41) is 0. The van der Waals surface area contributed by atoms with Gasteiger partial charge in [0.05, 0.1) is 17.9 Å². The Balaban J connectivity index is 3.20. The van der Waals surface area contributed by atoms with Crippen molar-refractivity contribution in [2.45, 2.75) is 54.0 Å². The molecule has 1 rings (SSSR count). The van der Waals surface area contributed by atoms with Crippen LogP contribution in [0.2, 0.25) is 0 Å². The molecule has 0 saturated carbocycles. The monoisotopic (exact) mass is 379 g/mol. The van der Waals surface area contributed by atoms with Gasteiger partial charge in [-0.1, -0.05) is 6.07 Å². The van der Waals surface area contributed by atoms with Crippen molar-refractivity contribution >= 4 is 17.9 Å². The molecule has 0 spiro atoms. The van der Waals surface area contributed by atoms with Gasteiger partial charge in [-0.05, 0) is 65.7 Å². The number of hydrogen-bond donors (Lipinski definition) is 1. The summed E-state index contributed by atoms with van der Waals surface area (Å²) in [6.45, 7) is 10.3. The molecule has 0 aromatic heterocycles. The van der Waals surface area contributed by atoms with Crippen LogP contribution >= 0.6 is 0 Å². The van der Waals surface area contributed by atoms with E-state index in [2.05, 4.69) is 4.74 Å². The molecule has 1 atom stereocenters. The molecule has 0 aliphatic rings. The third kappa shape index (κ3) is 6.67. The highest BCUT2D eigenvalue weighted by atomic mass is 16.6. The first-order valence-corrected chi connectivity index (χ1v) is 8.66. The van der Waals surface area contributed by atoms with Crippen LogP contribution in [0.4, 0.5) is 0 Å². The predicted octanol–water partition coefficient (Wildman–Crippen LogP) is 2.63. The van der Waals surface area contributed by atoms with Gasteiger partial charge in [-0.3, -0.25) is 14.4 Å². The number of carbonyl (C=O) groups excluding carboxylic acids is 3. The van der Waals surface area contributed by atoms with E-state index in [1.807, 2.05) is 0 Å². The molecule has 7 heteroatoms. The Morgan fingerprint density at radius 3 is 1.85 bits per heavy atom. The summed E-state index contributed by atoms with van der Waals surface area (Å²) in [5.74, 6) is -1.27. The Hall–Kier alpha value is -2.41. The largest absolute Gasteiger partial charge is 0.468 e. The Kier molecular flexibility index (Phi) is 7.14. The van der Waals surface area contributed by atoms with Gasteiger partial charge < -0.3 is 19.9 Å². The van der Waals surface area contributed by atoms with Crippen LogP contribution < -0.4 is 15.2 Å². The zero-order valence-corrected chi connectivity index (χ0v) is 17.0. The molecule has 1 aromatic carbocycles.